The maximum atomic E-state index is 9.29. The van der Waals surface area contributed by atoms with E-state index in [-0.39, 0.29) is 6.61 Å². The number of hydrogen-bond acceptors (Lipinski definition) is 4. The molecule has 0 saturated carbocycles. The van der Waals surface area contributed by atoms with Crippen LogP contribution in [0.5, 0.6) is 11.5 Å². The van der Waals surface area contributed by atoms with Gasteiger partial charge in [-0.1, -0.05) is 36.4 Å². The zero-order valence-corrected chi connectivity index (χ0v) is 13.2. The van der Waals surface area contributed by atoms with E-state index in [0.717, 1.165) is 31.0 Å². The van der Waals surface area contributed by atoms with Crippen molar-refractivity contribution in [2.24, 2.45) is 0 Å². The Morgan fingerprint density at radius 1 is 1.00 bits per heavy atom. The molecule has 0 amide bonds. The van der Waals surface area contributed by atoms with Crippen LogP contribution in [-0.2, 0) is 6.54 Å². The highest BCUT2D eigenvalue weighted by molar-refractivity contribution is 5.43. The number of hydrogen-bond donors (Lipinski definition) is 2. The molecule has 2 aromatic rings. The zero-order valence-electron chi connectivity index (χ0n) is 13.2. The molecule has 1 aliphatic heterocycles. The van der Waals surface area contributed by atoms with Gasteiger partial charge in [0.05, 0.1) is 0 Å². The number of nitrogens with one attached hydrogen (secondary N) is 1. The first kappa shape index (κ1) is 15.8. The van der Waals surface area contributed by atoms with Crippen LogP contribution in [0.25, 0.3) is 0 Å². The molecular formula is C19H23NO3. The van der Waals surface area contributed by atoms with Crippen LogP contribution in [0.4, 0.5) is 0 Å². The van der Waals surface area contributed by atoms with Crippen molar-refractivity contribution in [1.29, 1.82) is 0 Å². The van der Waals surface area contributed by atoms with E-state index < -0.39 is 0 Å². The standard InChI is InChI=1S/C19H23NO3/c21-9-8-17(16-4-2-1-3-5-16)14-20-13-15-6-7-18-19(12-15)23-11-10-22-18/h1-7,12,17,20-21H,8-11,13-14H2. The van der Waals surface area contributed by atoms with Gasteiger partial charge >= 0.3 is 0 Å². The first-order chi connectivity index (χ1) is 11.4. The van der Waals surface area contributed by atoms with Crippen molar-refractivity contribution >= 4 is 0 Å². The van der Waals surface area contributed by atoms with Gasteiger partial charge in [0.1, 0.15) is 13.2 Å². The fraction of sp³-hybridized carbons (Fsp3) is 0.368. The van der Waals surface area contributed by atoms with Crippen LogP contribution in [0, 0.1) is 0 Å². The molecule has 1 unspecified atom stereocenters. The molecule has 2 aromatic carbocycles. The second kappa shape index (κ2) is 7.99. The lowest BCUT2D eigenvalue weighted by Gasteiger charge is -2.20. The van der Waals surface area contributed by atoms with E-state index in [9.17, 15) is 5.11 Å². The summed E-state index contributed by atoms with van der Waals surface area (Å²) < 4.78 is 11.2. The number of aliphatic hydroxyl groups excluding tert-OH is 1. The van der Waals surface area contributed by atoms with E-state index >= 15 is 0 Å². The number of fused-ring (bicyclic) bond motifs is 1. The lowest BCUT2D eigenvalue weighted by molar-refractivity contribution is 0.171. The Bertz CT molecular complexity index is 615. The minimum absolute atomic E-state index is 0.200. The molecule has 23 heavy (non-hydrogen) atoms. The average Bonchev–Trinajstić information content (AvgIpc) is 2.61. The summed E-state index contributed by atoms with van der Waals surface area (Å²) in [7, 11) is 0. The van der Waals surface area contributed by atoms with Gasteiger partial charge in [-0.05, 0) is 35.6 Å². The van der Waals surface area contributed by atoms with Crippen LogP contribution in [0.2, 0.25) is 0 Å². The number of aliphatic hydroxyl groups is 1. The highest BCUT2D eigenvalue weighted by Gasteiger charge is 2.13. The van der Waals surface area contributed by atoms with Crippen molar-refractivity contribution < 1.29 is 14.6 Å². The molecule has 122 valence electrons. The molecule has 0 bridgehead atoms. The SMILES string of the molecule is OCCC(CNCc1ccc2c(c1)OCCO2)c1ccccc1. The van der Waals surface area contributed by atoms with Crippen molar-refractivity contribution in [1.82, 2.24) is 5.32 Å². The molecule has 1 atom stereocenters. The van der Waals surface area contributed by atoms with Gasteiger partial charge in [0, 0.05) is 19.7 Å². The highest BCUT2D eigenvalue weighted by Crippen LogP contribution is 2.30. The summed E-state index contributed by atoms with van der Waals surface area (Å²) in [6, 6.07) is 16.4. The lowest BCUT2D eigenvalue weighted by atomic mass is 9.96. The molecule has 0 fully saturated rings. The molecule has 2 N–H and O–H groups in total. The van der Waals surface area contributed by atoms with E-state index in [1.807, 2.05) is 30.3 Å². The fourth-order valence-corrected chi connectivity index (χ4v) is 2.86. The quantitative estimate of drug-likeness (QED) is 0.825. The Morgan fingerprint density at radius 2 is 1.78 bits per heavy atom. The number of ether oxygens (including phenoxy) is 2. The topological polar surface area (TPSA) is 50.7 Å². The summed E-state index contributed by atoms with van der Waals surface area (Å²) in [5, 5.41) is 12.8. The summed E-state index contributed by atoms with van der Waals surface area (Å²) in [5.41, 5.74) is 2.43. The Labute approximate surface area is 137 Å². The number of benzene rings is 2. The van der Waals surface area contributed by atoms with Crippen LogP contribution < -0.4 is 14.8 Å². The maximum absolute atomic E-state index is 9.29. The molecule has 0 aliphatic carbocycles. The normalized spacial score (nSPS) is 14.5. The monoisotopic (exact) mass is 313 g/mol. The Hall–Kier alpha value is -2.04. The third kappa shape index (κ3) is 4.24. The van der Waals surface area contributed by atoms with Crippen molar-refractivity contribution in [3.63, 3.8) is 0 Å². The first-order valence-corrected chi connectivity index (χ1v) is 8.12. The van der Waals surface area contributed by atoms with Gasteiger partial charge in [0.25, 0.3) is 0 Å². The predicted octanol–water partition coefficient (Wildman–Crippen LogP) is 2.71. The van der Waals surface area contributed by atoms with E-state index in [1.54, 1.807) is 0 Å². The van der Waals surface area contributed by atoms with Crippen LogP contribution in [-0.4, -0.2) is 31.5 Å². The Kier molecular flexibility index (Phi) is 5.51. The summed E-state index contributed by atoms with van der Waals surface area (Å²) in [5.74, 6) is 1.96. The van der Waals surface area contributed by atoms with Gasteiger partial charge in [-0.15, -0.1) is 0 Å². The Morgan fingerprint density at radius 3 is 2.57 bits per heavy atom. The maximum Gasteiger partial charge on any atom is 0.161 e. The third-order valence-corrected chi connectivity index (χ3v) is 4.07. The van der Waals surface area contributed by atoms with E-state index in [4.69, 9.17) is 9.47 Å². The smallest absolute Gasteiger partial charge is 0.161 e. The van der Waals surface area contributed by atoms with Crippen LogP contribution in [0.15, 0.2) is 48.5 Å². The first-order valence-electron chi connectivity index (χ1n) is 8.12. The second-order valence-corrected chi connectivity index (χ2v) is 5.73. The Balaban J connectivity index is 1.57. The predicted molar refractivity (Wildman–Crippen MR) is 90.0 cm³/mol. The van der Waals surface area contributed by atoms with Crippen molar-refractivity contribution in [2.45, 2.75) is 18.9 Å². The summed E-state index contributed by atoms with van der Waals surface area (Å²) in [4.78, 5) is 0. The van der Waals surface area contributed by atoms with Gasteiger partial charge in [0.2, 0.25) is 0 Å². The molecule has 0 radical (unpaired) electrons. The molecular weight excluding hydrogens is 290 g/mol. The molecule has 0 saturated heterocycles. The van der Waals surface area contributed by atoms with Crippen LogP contribution in [0.3, 0.4) is 0 Å². The van der Waals surface area contributed by atoms with E-state index in [1.165, 1.54) is 11.1 Å². The largest absolute Gasteiger partial charge is 0.486 e. The van der Waals surface area contributed by atoms with Crippen LogP contribution >= 0.6 is 0 Å². The highest BCUT2D eigenvalue weighted by atomic mass is 16.6. The zero-order chi connectivity index (χ0) is 15.9. The number of rotatable bonds is 7. The molecule has 0 spiro atoms. The van der Waals surface area contributed by atoms with Gasteiger partial charge in [-0.2, -0.15) is 0 Å². The van der Waals surface area contributed by atoms with Crippen molar-refractivity contribution in [3.05, 3.63) is 59.7 Å². The van der Waals surface area contributed by atoms with Crippen molar-refractivity contribution in [3.8, 4) is 11.5 Å². The molecule has 3 rings (SSSR count). The summed E-state index contributed by atoms with van der Waals surface area (Å²) in [6.07, 6.45) is 0.762. The van der Waals surface area contributed by atoms with Crippen molar-refractivity contribution in [2.75, 3.05) is 26.4 Å². The van der Waals surface area contributed by atoms with Gasteiger partial charge < -0.3 is 19.9 Å². The summed E-state index contributed by atoms with van der Waals surface area (Å²) >= 11 is 0. The molecule has 1 aliphatic rings. The molecule has 4 heteroatoms. The van der Waals surface area contributed by atoms with Crippen LogP contribution in [0.1, 0.15) is 23.5 Å². The van der Waals surface area contributed by atoms with Gasteiger partial charge in [-0.3, -0.25) is 0 Å². The third-order valence-electron chi connectivity index (χ3n) is 4.07. The molecule has 1 heterocycles. The summed E-state index contributed by atoms with van der Waals surface area (Å²) in [6.45, 7) is 3.02. The van der Waals surface area contributed by atoms with E-state index in [2.05, 4.69) is 23.5 Å². The van der Waals surface area contributed by atoms with Gasteiger partial charge in [0.15, 0.2) is 11.5 Å². The lowest BCUT2D eigenvalue weighted by Crippen LogP contribution is -2.22. The minimum atomic E-state index is 0.200. The fourth-order valence-electron chi connectivity index (χ4n) is 2.86. The van der Waals surface area contributed by atoms with Gasteiger partial charge in [-0.25, -0.2) is 0 Å². The molecule has 0 aromatic heterocycles. The minimum Gasteiger partial charge on any atom is -0.486 e. The molecule has 4 nitrogen and oxygen atoms in total. The average molecular weight is 313 g/mol. The second-order valence-electron chi connectivity index (χ2n) is 5.73. The van der Waals surface area contributed by atoms with E-state index in [0.29, 0.717) is 19.1 Å².